The van der Waals surface area contributed by atoms with Crippen molar-refractivity contribution in [2.75, 3.05) is 47.0 Å². The zero-order valence-electron chi connectivity index (χ0n) is 19.6. The highest BCUT2D eigenvalue weighted by Crippen LogP contribution is 2.23. The summed E-state index contributed by atoms with van der Waals surface area (Å²) in [5.74, 6) is 2.53. The summed E-state index contributed by atoms with van der Waals surface area (Å²) >= 11 is 0. The molecule has 1 fully saturated rings. The number of rotatable bonds is 9. The quantitative estimate of drug-likeness (QED) is 0.461. The number of hydrogen-bond acceptors (Lipinski definition) is 5. The van der Waals surface area contributed by atoms with Crippen LogP contribution in [-0.4, -0.2) is 64.0 Å². The van der Waals surface area contributed by atoms with E-state index in [-0.39, 0.29) is 12.1 Å². The molecule has 0 aliphatic carbocycles. The van der Waals surface area contributed by atoms with Gasteiger partial charge in [0.2, 0.25) is 0 Å². The minimum Gasteiger partial charge on any atom is -0.497 e. The van der Waals surface area contributed by atoms with Crippen LogP contribution in [0.1, 0.15) is 31.0 Å². The van der Waals surface area contributed by atoms with Crippen molar-refractivity contribution in [2.24, 2.45) is 4.99 Å². The lowest BCUT2D eigenvalue weighted by Crippen LogP contribution is -2.46. The number of guanidine groups is 1. The second-order valence-electron chi connectivity index (χ2n) is 8.05. The average molecular weight is 441 g/mol. The molecule has 2 aromatic rings. The molecule has 0 amide bonds. The van der Waals surface area contributed by atoms with Crippen molar-refractivity contribution in [1.82, 2.24) is 15.5 Å². The largest absolute Gasteiger partial charge is 0.497 e. The average Bonchev–Trinajstić information content (AvgIpc) is 2.83. The lowest BCUT2D eigenvalue weighted by Gasteiger charge is -2.35. The van der Waals surface area contributed by atoms with E-state index in [0.29, 0.717) is 6.54 Å². The molecular formula is C25H36N4O3. The second-order valence-corrected chi connectivity index (χ2v) is 8.05. The number of methoxy groups -OCH3 is 1. The first-order valence-electron chi connectivity index (χ1n) is 11.2. The third-order valence-electron chi connectivity index (χ3n) is 5.43. The van der Waals surface area contributed by atoms with E-state index in [1.165, 1.54) is 11.1 Å². The summed E-state index contributed by atoms with van der Waals surface area (Å²) in [6.45, 7) is 8.83. The van der Waals surface area contributed by atoms with E-state index in [2.05, 4.69) is 44.8 Å². The lowest BCUT2D eigenvalue weighted by atomic mass is 10.0. The summed E-state index contributed by atoms with van der Waals surface area (Å²) in [7, 11) is 3.49. The molecule has 0 saturated carbocycles. The molecule has 0 spiro atoms. The number of nitrogens with one attached hydrogen (secondary N) is 2. The maximum absolute atomic E-state index is 5.72. The molecule has 32 heavy (non-hydrogen) atoms. The lowest BCUT2D eigenvalue weighted by molar-refractivity contribution is 0.0170. The predicted octanol–water partition coefficient (Wildman–Crippen LogP) is 3.22. The zero-order chi connectivity index (χ0) is 22.8. The van der Waals surface area contributed by atoms with Gasteiger partial charge in [0.05, 0.1) is 32.5 Å². The Balaban J connectivity index is 1.59. The Bertz CT molecular complexity index is 831. The summed E-state index contributed by atoms with van der Waals surface area (Å²) in [5.41, 5.74) is 2.42. The first kappa shape index (κ1) is 23.9. The molecule has 1 aliphatic rings. The van der Waals surface area contributed by atoms with E-state index in [4.69, 9.17) is 14.2 Å². The normalized spacial score (nSPS) is 16.0. The van der Waals surface area contributed by atoms with E-state index in [1.807, 2.05) is 38.1 Å². The molecule has 2 N–H and O–H groups in total. The smallest absolute Gasteiger partial charge is 0.191 e. The monoisotopic (exact) mass is 440 g/mol. The van der Waals surface area contributed by atoms with Crippen LogP contribution in [0.3, 0.4) is 0 Å². The molecule has 3 rings (SSSR count). The molecule has 174 valence electrons. The van der Waals surface area contributed by atoms with Crippen LogP contribution in [0.2, 0.25) is 0 Å². The van der Waals surface area contributed by atoms with E-state index < -0.39 is 0 Å². The fourth-order valence-corrected chi connectivity index (χ4v) is 3.73. The van der Waals surface area contributed by atoms with Gasteiger partial charge in [-0.25, -0.2) is 0 Å². The van der Waals surface area contributed by atoms with Gasteiger partial charge in [-0.3, -0.25) is 9.89 Å². The highest BCUT2D eigenvalue weighted by molar-refractivity contribution is 5.79. The van der Waals surface area contributed by atoms with Crippen LogP contribution >= 0.6 is 0 Å². The number of nitrogens with zero attached hydrogens (tertiary/aromatic N) is 2. The van der Waals surface area contributed by atoms with Crippen LogP contribution in [0.25, 0.3) is 0 Å². The molecule has 1 saturated heterocycles. The summed E-state index contributed by atoms with van der Waals surface area (Å²) in [5, 5.41) is 6.91. The van der Waals surface area contributed by atoms with Gasteiger partial charge in [-0.05, 0) is 49.2 Å². The third kappa shape index (κ3) is 7.14. The molecule has 1 atom stereocenters. The number of morpholine rings is 1. The molecule has 1 aliphatic heterocycles. The van der Waals surface area contributed by atoms with Crippen molar-refractivity contribution in [3.63, 3.8) is 0 Å². The standard InChI is InChI=1S/C25H36N4O3/c1-19(2)32-23-9-5-20(6-10-23)17-27-25(26-3)28-18-24(29-13-15-31-16-14-29)21-7-11-22(30-4)12-8-21/h5-12,19,24H,13-18H2,1-4H3,(H2,26,27,28). The van der Waals surface area contributed by atoms with Gasteiger partial charge in [0.15, 0.2) is 5.96 Å². The highest BCUT2D eigenvalue weighted by atomic mass is 16.5. The Labute approximate surface area is 191 Å². The van der Waals surface area contributed by atoms with Gasteiger partial charge >= 0.3 is 0 Å². The SMILES string of the molecule is CN=C(NCc1ccc(OC(C)C)cc1)NCC(c1ccc(OC)cc1)N1CCOCC1. The van der Waals surface area contributed by atoms with Crippen molar-refractivity contribution in [2.45, 2.75) is 32.5 Å². The van der Waals surface area contributed by atoms with Crippen LogP contribution in [0.4, 0.5) is 0 Å². The topological polar surface area (TPSA) is 67.4 Å². The van der Waals surface area contributed by atoms with Gasteiger partial charge in [-0.15, -0.1) is 0 Å². The van der Waals surface area contributed by atoms with E-state index in [0.717, 1.165) is 50.3 Å². The van der Waals surface area contributed by atoms with E-state index in [9.17, 15) is 0 Å². The highest BCUT2D eigenvalue weighted by Gasteiger charge is 2.23. The number of benzene rings is 2. The van der Waals surface area contributed by atoms with Gasteiger partial charge < -0.3 is 24.8 Å². The Hall–Kier alpha value is -2.77. The van der Waals surface area contributed by atoms with Crippen LogP contribution in [-0.2, 0) is 11.3 Å². The molecular weight excluding hydrogens is 404 g/mol. The van der Waals surface area contributed by atoms with Crippen LogP contribution < -0.4 is 20.1 Å². The number of ether oxygens (including phenoxy) is 3. The van der Waals surface area contributed by atoms with Gasteiger partial charge in [0, 0.05) is 33.2 Å². The van der Waals surface area contributed by atoms with Crippen molar-refractivity contribution in [1.29, 1.82) is 0 Å². The first-order valence-corrected chi connectivity index (χ1v) is 11.2. The number of aliphatic imine (C=N–C) groups is 1. The summed E-state index contributed by atoms with van der Waals surface area (Å²) in [4.78, 5) is 6.86. The maximum Gasteiger partial charge on any atom is 0.191 e. The maximum atomic E-state index is 5.72. The molecule has 1 unspecified atom stereocenters. The van der Waals surface area contributed by atoms with Crippen LogP contribution in [0.15, 0.2) is 53.5 Å². The molecule has 0 bridgehead atoms. The zero-order valence-corrected chi connectivity index (χ0v) is 19.6. The Kier molecular flexibility index (Phi) is 9.19. The van der Waals surface area contributed by atoms with Gasteiger partial charge in [-0.2, -0.15) is 0 Å². The Morgan fingerprint density at radius 3 is 2.25 bits per heavy atom. The summed E-state index contributed by atoms with van der Waals surface area (Å²) in [6.07, 6.45) is 0.173. The van der Waals surface area contributed by atoms with Gasteiger partial charge in [0.1, 0.15) is 11.5 Å². The minimum atomic E-state index is 0.173. The summed E-state index contributed by atoms with van der Waals surface area (Å²) in [6, 6.07) is 16.7. The molecule has 0 radical (unpaired) electrons. The third-order valence-corrected chi connectivity index (χ3v) is 5.43. The van der Waals surface area contributed by atoms with Gasteiger partial charge in [-0.1, -0.05) is 24.3 Å². The predicted molar refractivity (Wildman–Crippen MR) is 129 cm³/mol. The first-order chi connectivity index (χ1) is 15.6. The fourth-order valence-electron chi connectivity index (χ4n) is 3.73. The Morgan fingerprint density at radius 2 is 1.66 bits per heavy atom. The number of hydrogen-bond donors (Lipinski definition) is 2. The molecule has 7 heteroatoms. The fraction of sp³-hybridized carbons (Fsp3) is 0.480. The second kappa shape index (κ2) is 12.3. The minimum absolute atomic E-state index is 0.173. The van der Waals surface area contributed by atoms with Crippen molar-refractivity contribution in [3.8, 4) is 11.5 Å². The van der Waals surface area contributed by atoms with Crippen LogP contribution in [0, 0.1) is 0 Å². The van der Waals surface area contributed by atoms with E-state index in [1.54, 1.807) is 14.2 Å². The van der Waals surface area contributed by atoms with Crippen molar-refractivity contribution in [3.05, 3.63) is 59.7 Å². The molecule has 2 aromatic carbocycles. The van der Waals surface area contributed by atoms with Crippen molar-refractivity contribution >= 4 is 5.96 Å². The molecule has 7 nitrogen and oxygen atoms in total. The van der Waals surface area contributed by atoms with Crippen molar-refractivity contribution < 1.29 is 14.2 Å². The Morgan fingerprint density at radius 1 is 1.00 bits per heavy atom. The summed E-state index contributed by atoms with van der Waals surface area (Å²) < 4.78 is 16.6. The van der Waals surface area contributed by atoms with E-state index >= 15 is 0 Å². The molecule has 0 aromatic heterocycles. The van der Waals surface area contributed by atoms with Crippen LogP contribution in [0.5, 0.6) is 11.5 Å². The van der Waals surface area contributed by atoms with Gasteiger partial charge in [0.25, 0.3) is 0 Å². The molecule has 1 heterocycles.